The topological polar surface area (TPSA) is 86.3 Å². The van der Waals surface area contributed by atoms with E-state index < -0.39 is 29.7 Å². The van der Waals surface area contributed by atoms with Gasteiger partial charge < -0.3 is 24.3 Å². The summed E-state index contributed by atoms with van der Waals surface area (Å²) in [6, 6.07) is 6.00. The first-order valence-corrected chi connectivity index (χ1v) is 9.72. The van der Waals surface area contributed by atoms with Crippen LogP contribution in [0.25, 0.3) is 0 Å². The van der Waals surface area contributed by atoms with Gasteiger partial charge >= 0.3 is 12.0 Å². The highest BCUT2D eigenvalue weighted by atomic mass is 19.1. The number of benzene rings is 2. The van der Waals surface area contributed by atoms with Crippen LogP contribution in [0.3, 0.4) is 0 Å². The lowest BCUT2D eigenvalue weighted by Crippen LogP contribution is -2.48. The van der Waals surface area contributed by atoms with E-state index in [1.54, 1.807) is 25.1 Å². The van der Waals surface area contributed by atoms with E-state index in [0.717, 1.165) is 6.07 Å². The maximum atomic E-state index is 14.6. The van der Waals surface area contributed by atoms with Crippen molar-refractivity contribution in [3.8, 4) is 11.5 Å². The molecule has 1 unspecified atom stereocenters. The van der Waals surface area contributed by atoms with E-state index >= 15 is 0 Å². The van der Waals surface area contributed by atoms with E-state index in [0.29, 0.717) is 23.3 Å². The lowest BCUT2D eigenvalue weighted by Gasteiger charge is -2.35. The van der Waals surface area contributed by atoms with E-state index in [1.807, 2.05) is 0 Å². The molecule has 0 bridgehead atoms. The van der Waals surface area contributed by atoms with E-state index in [1.165, 1.54) is 18.1 Å². The van der Waals surface area contributed by atoms with Crippen LogP contribution in [0.2, 0.25) is 0 Å². The standard InChI is InChI=1S/C22H20F2N2O6/c1-12-19(21(27)30-8-7-29-2)20(15-5-3-13(23)9-16(15)24)25-22(28)26(12)14-4-6-17-18(10-14)32-11-31-17/h3-6,9-10,20H,7-8,11H2,1-2H3,(H,25,28). The minimum absolute atomic E-state index is 0.00359. The van der Waals surface area contributed by atoms with Crippen molar-refractivity contribution in [1.82, 2.24) is 5.32 Å². The highest BCUT2D eigenvalue weighted by Crippen LogP contribution is 2.39. The monoisotopic (exact) mass is 446 g/mol. The van der Waals surface area contributed by atoms with E-state index in [2.05, 4.69) is 5.32 Å². The first kappa shape index (κ1) is 21.6. The van der Waals surface area contributed by atoms with Gasteiger partial charge in [-0.05, 0) is 25.1 Å². The molecule has 0 aliphatic carbocycles. The van der Waals surface area contributed by atoms with Gasteiger partial charge in [0.05, 0.1) is 23.9 Å². The molecule has 32 heavy (non-hydrogen) atoms. The van der Waals surface area contributed by atoms with Gasteiger partial charge in [0.15, 0.2) is 11.5 Å². The Kier molecular flexibility index (Phi) is 5.95. The van der Waals surface area contributed by atoms with E-state index in [9.17, 15) is 18.4 Å². The number of carbonyl (C=O) groups is 2. The number of rotatable bonds is 6. The lowest BCUT2D eigenvalue weighted by molar-refractivity contribution is -0.140. The summed E-state index contributed by atoms with van der Waals surface area (Å²) in [6.45, 7) is 1.72. The Hall–Kier alpha value is -3.66. The summed E-state index contributed by atoms with van der Waals surface area (Å²) < 4.78 is 48.8. The summed E-state index contributed by atoms with van der Waals surface area (Å²) in [5.41, 5.74) is 0.570. The van der Waals surface area contributed by atoms with Crippen LogP contribution in [-0.4, -0.2) is 39.1 Å². The molecule has 8 nitrogen and oxygen atoms in total. The third kappa shape index (κ3) is 3.96. The average molecular weight is 446 g/mol. The van der Waals surface area contributed by atoms with Gasteiger partial charge in [-0.3, -0.25) is 4.90 Å². The number of ether oxygens (including phenoxy) is 4. The van der Waals surface area contributed by atoms with Crippen molar-refractivity contribution in [2.24, 2.45) is 0 Å². The first-order chi connectivity index (χ1) is 15.4. The zero-order valence-electron chi connectivity index (χ0n) is 17.3. The van der Waals surface area contributed by atoms with Crippen LogP contribution in [0.4, 0.5) is 19.3 Å². The molecule has 10 heteroatoms. The zero-order chi connectivity index (χ0) is 22.8. The average Bonchev–Trinajstić information content (AvgIpc) is 3.21. The van der Waals surface area contributed by atoms with Crippen LogP contribution in [0.15, 0.2) is 47.7 Å². The van der Waals surface area contributed by atoms with Gasteiger partial charge in [0.25, 0.3) is 0 Å². The number of carbonyl (C=O) groups excluding carboxylic acids is 2. The Balaban J connectivity index is 1.79. The van der Waals surface area contributed by atoms with E-state index in [4.69, 9.17) is 18.9 Å². The Bertz CT molecular complexity index is 1100. The van der Waals surface area contributed by atoms with Crippen LogP contribution in [0, 0.1) is 11.6 Å². The molecule has 2 aliphatic rings. The Morgan fingerprint density at radius 1 is 1.16 bits per heavy atom. The molecule has 2 amide bonds. The molecule has 0 saturated carbocycles. The summed E-state index contributed by atoms with van der Waals surface area (Å²) in [5, 5.41) is 2.62. The minimum atomic E-state index is -1.18. The highest BCUT2D eigenvalue weighted by molar-refractivity contribution is 6.03. The molecule has 0 spiro atoms. The number of allylic oxidation sites excluding steroid dienone is 1. The fourth-order valence-corrected chi connectivity index (χ4v) is 3.61. The Morgan fingerprint density at radius 2 is 1.94 bits per heavy atom. The Morgan fingerprint density at radius 3 is 2.69 bits per heavy atom. The lowest BCUT2D eigenvalue weighted by atomic mass is 9.94. The number of hydrogen-bond donors (Lipinski definition) is 1. The fourth-order valence-electron chi connectivity index (χ4n) is 3.61. The minimum Gasteiger partial charge on any atom is -0.460 e. The van der Waals surface area contributed by atoms with Crippen molar-refractivity contribution in [3.63, 3.8) is 0 Å². The summed E-state index contributed by atoms with van der Waals surface area (Å²) >= 11 is 0. The molecule has 2 aromatic rings. The van der Waals surface area contributed by atoms with Crippen molar-refractivity contribution in [3.05, 3.63) is 64.9 Å². The van der Waals surface area contributed by atoms with Crippen molar-refractivity contribution in [1.29, 1.82) is 0 Å². The molecule has 2 heterocycles. The third-order valence-electron chi connectivity index (χ3n) is 5.11. The smallest absolute Gasteiger partial charge is 0.338 e. The molecule has 2 aliphatic heterocycles. The number of halogens is 2. The number of urea groups is 1. The number of esters is 1. The van der Waals surface area contributed by atoms with Crippen molar-refractivity contribution >= 4 is 17.7 Å². The van der Waals surface area contributed by atoms with Crippen LogP contribution in [0.5, 0.6) is 11.5 Å². The van der Waals surface area contributed by atoms with Crippen LogP contribution in [-0.2, 0) is 14.3 Å². The zero-order valence-corrected chi connectivity index (χ0v) is 17.3. The number of nitrogens with one attached hydrogen (secondary N) is 1. The molecular formula is C22H20F2N2O6. The van der Waals surface area contributed by atoms with Gasteiger partial charge in [0.2, 0.25) is 6.79 Å². The first-order valence-electron chi connectivity index (χ1n) is 9.72. The van der Waals surface area contributed by atoms with Gasteiger partial charge in [-0.2, -0.15) is 0 Å². The molecule has 0 fully saturated rings. The van der Waals surface area contributed by atoms with Gasteiger partial charge in [-0.25, -0.2) is 18.4 Å². The Labute approximate surface area is 182 Å². The van der Waals surface area contributed by atoms with E-state index in [-0.39, 0.29) is 36.8 Å². The predicted octanol–water partition coefficient (Wildman–Crippen LogP) is 3.43. The molecule has 0 saturated heterocycles. The van der Waals surface area contributed by atoms with Crippen LogP contribution >= 0.6 is 0 Å². The number of methoxy groups -OCH3 is 1. The summed E-state index contributed by atoms with van der Waals surface area (Å²) in [6.07, 6.45) is 0. The number of amides is 2. The van der Waals surface area contributed by atoms with Gasteiger partial charge in [-0.1, -0.05) is 6.07 Å². The normalized spacial score (nSPS) is 17.4. The molecule has 1 N–H and O–H groups in total. The molecular weight excluding hydrogens is 426 g/mol. The largest absolute Gasteiger partial charge is 0.460 e. The quantitative estimate of drug-likeness (QED) is 0.541. The SMILES string of the molecule is COCCOC(=O)C1=C(C)N(c2ccc3c(c2)OCO3)C(=O)NC1c1ccc(F)cc1F. The molecule has 1 atom stereocenters. The summed E-state index contributed by atoms with van der Waals surface area (Å²) in [7, 11) is 1.46. The van der Waals surface area contributed by atoms with Crippen LogP contribution in [0.1, 0.15) is 18.5 Å². The van der Waals surface area contributed by atoms with Gasteiger partial charge in [0.1, 0.15) is 18.2 Å². The maximum absolute atomic E-state index is 14.6. The maximum Gasteiger partial charge on any atom is 0.338 e. The number of fused-ring (bicyclic) bond motifs is 1. The highest BCUT2D eigenvalue weighted by Gasteiger charge is 2.38. The molecule has 0 aromatic heterocycles. The second-order valence-corrected chi connectivity index (χ2v) is 7.05. The summed E-state index contributed by atoms with van der Waals surface area (Å²) in [4.78, 5) is 27.3. The molecule has 2 aromatic carbocycles. The number of anilines is 1. The molecule has 4 rings (SSSR count). The van der Waals surface area contributed by atoms with Crippen molar-refractivity contribution < 1.29 is 37.3 Å². The fraction of sp³-hybridized carbons (Fsp3) is 0.273. The number of hydrogen-bond acceptors (Lipinski definition) is 6. The number of nitrogens with zero attached hydrogens (tertiary/aromatic N) is 1. The summed E-state index contributed by atoms with van der Waals surface area (Å²) in [5.74, 6) is -1.47. The second-order valence-electron chi connectivity index (χ2n) is 7.05. The van der Waals surface area contributed by atoms with Crippen molar-refractivity contribution in [2.45, 2.75) is 13.0 Å². The third-order valence-corrected chi connectivity index (χ3v) is 5.11. The molecule has 0 radical (unpaired) electrons. The molecule has 168 valence electrons. The van der Waals surface area contributed by atoms with Gasteiger partial charge in [-0.15, -0.1) is 0 Å². The predicted molar refractivity (Wildman–Crippen MR) is 108 cm³/mol. The second kappa shape index (κ2) is 8.83. The van der Waals surface area contributed by atoms with Crippen molar-refractivity contribution in [2.75, 3.05) is 32.0 Å². The van der Waals surface area contributed by atoms with Crippen LogP contribution < -0.4 is 19.7 Å². The van der Waals surface area contributed by atoms with Gasteiger partial charge in [0, 0.05) is 30.5 Å².